The summed E-state index contributed by atoms with van der Waals surface area (Å²) >= 11 is 0. The van der Waals surface area contributed by atoms with Crippen LogP contribution in [-0.2, 0) is 10.0 Å². The van der Waals surface area contributed by atoms with E-state index in [-0.39, 0.29) is 29.7 Å². The van der Waals surface area contributed by atoms with Crippen LogP contribution >= 0.6 is 0 Å². The highest BCUT2D eigenvalue weighted by atomic mass is 32.2. The van der Waals surface area contributed by atoms with Crippen LogP contribution in [0.15, 0.2) is 24.3 Å². The molecule has 1 aliphatic carbocycles. The third-order valence-corrected chi connectivity index (χ3v) is 6.18. The van der Waals surface area contributed by atoms with Crippen molar-refractivity contribution in [1.82, 2.24) is 10.0 Å². The van der Waals surface area contributed by atoms with Crippen LogP contribution in [0.25, 0.3) is 0 Å². The summed E-state index contributed by atoms with van der Waals surface area (Å²) in [5, 5.41) is 2.66. The van der Waals surface area contributed by atoms with Crippen LogP contribution in [0.4, 0.5) is 0 Å². The molecular weight excluding hydrogens is 352 g/mol. The normalized spacial score (nSPS) is 22.6. The Bertz CT molecular complexity index is 714. The molecule has 0 heterocycles. The van der Waals surface area contributed by atoms with E-state index in [1.165, 1.54) is 0 Å². The summed E-state index contributed by atoms with van der Waals surface area (Å²) in [5.74, 6) is 0.745. The zero-order valence-corrected chi connectivity index (χ0v) is 16.9. The molecule has 0 saturated heterocycles. The minimum absolute atomic E-state index is 0.0314. The Morgan fingerprint density at radius 3 is 2.46 bits per heavy atom. The van der Waals surface area contributed by atoms with E-state index in [1.807, 2.05) is 0 Å². The molecule has 2 N–H and O–H groups in total. The molecule has 0 spiro atoms. The second kappa shape index (κ2) is 8.39. The largest absolute Gasteiger partial charge is 0.497 e. The fourth-order valence-corrected chi connectivity index (χ4v) is 5.07. The predicted octanol–water partition coefficient (Wildman–Crippen LogP) is 2.56. The number of hydrogen-bond donors (Lipinski definition) is 2. The zero-order chi connectivity index (χ0) is 19.4. The summed E-state index contributed by atoms with van der Waals surface area (Å²) < 4.78 is 32.5. The SMILES string of the molecule is COc1ccc(C(=O)NCCS(=O)(=O)N[C@@H]2C[C@@H](C)CC(C)(C)C2)cc1. The van der Waals surface area contributed by atoms with Crippen molar-refractivity contribution in [3.63, 3.8) is 0 Å². The number of methoxy groups -OCH3 is 1. The first kappa shape index (κ1) is 20.7. The van der Waals surface area contributed by atoms with E-state index in [0.717, 1.165) is 19.3 Å². The average molecular weight is 383 g/mol. The van der Waals surface area contributed by atoms with Gasteiger partial charge in [0, 0.05) is 18.2 Å². The Hall–Kier alpha value is -1.60. The van der Waals surface area contributed by atoms with Crippen molar-refractivity contribution < 1.29 is 17.9 Å². The lowest BCUT2D eigenvalue weighted by atomic mass is 9.71. The first-order valence-corrected chi connectivity index (χ1v) is 10.7. The van der Waals surface area contributed by atoms with Crippen LogP contribution in [0.5, 0.6) is 5.75 Å². The first-order valence-electron chi connectivity index (χ1n) is 9.02. The van der Waals surface area contributed by atoms with Gasteiger partial charge in [0.05, 0.1) is 12.9 Å². The number of hydrogen-bond acceptors (Lipinski definition) is 4. The van der Waals surface area contributed by atoms with Gasteiger partial charge in [0.2, 0.25) is 10.0 Å². The number of nitrogens with one attached hydrogen (secondary N) is 2. The van der Waals surface area contributed by atoms with Crippen molar-refractivity contribution in [1.29, 1.82) is 0 Å². The van der Waals surface area contributed by atoms with Crippen molar-refractivity contribution in [3.8, 4) is 5.75 Å². The maximum Gasteiger partial charge on any atom is 0.251 e. The van der Waals surface area contributed by atoms with Gasteiger partial charge in [-0.2, -0.15) is 0 Å². The fraction of sp³-hybridized carbons (Fsp3) is 0.632. The zero-order valence-electron chi connectivity index (χ0n) is 16.0. The highest BCUT2D eigenvalue weighted by Crippen LogP contribution is 2.38. The molecule has 0 bridgehead atoms. The van der Waals surface area contributed by atoms with Gasteiger partial charge in [-0.15, -0.1) is 0 Å². The van der Waals surface area contributed by atoms with Crippen LogP contribution in [0.1, 0.15) is 50.4 Å². The molecule has 1 amide bonds. The highest BCUT2D eigenvalue weighted by molar-refractivity contribution is 7.89. The van der Waals surface area contributed by atoms with Gasteiger partial charge >= 0.3 is 0 Å². The van der Waals surface area contributed by atoms with Crippen LogP contribution in [-0.4, -0.2) is 39.8 Å². The lowest BCUT2D eigenvalue weighted by molar-refractivity contribution is 0.0956. The van der Waals surface area contributed by atoms with E-state index in [2.05, 4.69) is 30.8 Å². The van der Waals surface area contributed by atoms with Crippen LogP contribution in [0, 0.1) is 11.3 Å². The van der Waals surface area contributed by atoms with Gasteiger partial charge in [-0.3, -0.25) is 4.79 Å². The standard InChI is InChI=1S/C19H30N2O4S/c1-14-11-16(13-19(2,3)12-14)21-26(23,24)10-9-20-18(22)15-5-7-17(25-4)8-6-15/h5-8,14,16,21H,9-13H2,1-4H3,(H,20,22)/t14-,16-/m1/s1. The topological polar surface area (TPSA) is 84.5 Å². The number of rotatable bonds is 7. The van der Waals surface area contributed by atoms with E-state index in [1.54, 1.807) is 31.4 Å². The highest BCUT2D eigenvalue weighted by Gasteiger charge is 2.33. The Morgan fingerprint density at radius 2 is 1.88 bits per heavy atom. The lowest BCUT2D eigenvalue weighted by Gasteiger charge is -2.39. The lowest BCUT2D eigenvalue weighted by Crippen LogP contribution is -2.45. The molecule has 26 heavy (non-hydrogen) atoms. The molecule has 2 rings (SSSR count). The molecule has 0 aliphatic heterocycles. The smallest absolute Gasteiger partial charge is 0.251 e. The van der Waals surface area contributed by atoms with Crippen molar-refractivity contribution in [2.24, 2.45) is 11.3 Å². The summed E-state index contributed by atoms with van der Waals surface area (Å²) in [5.41, 5.74) is 0.618. The molecule has 7 heteroatoms. The molecule has 0 unspecified atom stereocenters. The maximum atomic E-state index is 12.3. The van der Waals surface area contributed by atoms with Crippen molar-refractivity contribution in [2.75, 3.05) is 19.4 Å². The number of amides is 1. The maximum absolute atomic E-state index is 12.3. The summed E-state index contributed by atoms with van der Waals surface area (Å²) in [7, 11) is -1.87. The first-order chi connectivity index (χ1) is 12.1. The Balaban J connectivity index is 1.82. The van der Waals surface area contributed by atoms with Crippen molar-refractivity contribution in [2.45, 2.75) is 46.1 Å². The van der Waals surface area contributed by atoms with Gasteiger partial charge in [-0.05, 0) is 54.9 Å². The van der Waals surface area contributed by atoms with Crippen molar-refractivity contribution >= 4 is 15.9 Å². The Kier molecular flexibility index (Phi) is 6.69. The van der Waals surface area contributed by atoms with E-state index < -0.39 is 10.0 Å². The molecule has 1 aromatic rings. The third kappa shape index (κ3) is 6.29. The number of carbonyl (C=O) groups excluding carboxylic acids is 1. The van der Waals surface area contributed by atoms with Gasteiger partial charge in [0.25, 0.3) is 5.91 Å². The van der Waals surface area contributed by atoms with Gasteiger partial charge in [0.1, 0.15) is 5.75 Å². The Labute approximate surface area is 156 Å². The summed E-state index contributed by atoms with van der Waals surface area (Å²) in [6.07, 6.45) is 2.82. The number of sulfonamides is 1. The van der Waals surface area contributed by atoms with Crippen LogP contribution in [0.3, 0.4) is 0 Å². The number of benzene rings is 1. The second-order valence-corrected chi connectivity index (χ2v) is 9.90. The van der Waals surface area contributed by atoms with Gasteiger partial charge in [0.15, 0.2) is 0 Å². The summed E-state index contributed by atoms with van der Waals surface area (Å²) in [4.78, 5) is 12.1. The van der Waals surface area contributed by atoms with E-state index in [9.17, 15) is 13.2 Å². The molecule has 0 radical (unpaired) electrons. The minimum Gasteiger partial charge on any atom is -0.497 e. The third-order valence-electron chi connectivity index (χ3n) is 4.74. The quantitative estimate of drug-likeness (QED) is 0.759. The molecule has 2 atom stereocenters. The van der Waals surface area contributed by atoms with Gasteiger partial charge in [-0.1, -0.05) is 20.8 Å². The number of carbonyl (C=O) groups is 1. The molecule has 0 aromatic heterocycles. The Morgan fingerprint density at radius 1 is 1.23 bits per heavy atom. The van der Waals surface area contributed by atoms with E-state index in [4.69, 9.17) is 4.74 Å². The van der Waals surface area contributed by atoms with Crippen LogP contribution < -0.4 is 14.8 Å². The van der Waals surface area contributed by atoms with E-state index in [0.29, 0.717) is 17.2 Å². The minimum atomic E-state index is -3.43. The molecule has 1 fully saturated rings. The van der Waals surface area contributed by atoms with Gasteiger partial charge < -0.3 is 10.1 Å². The molecule has 1 aliphatic rings. The molecule has 6 nitrogen and oxygen atoms in total. The molecule has 1 saturated carbocycles. The predicted molar refractivity (Wildman–Crippen MR) is 103 cm³/mol. The van der Waals surface area contributed by atoms with Crippen LogP contribution in [0.2, 0.25) is 0 Å². The molecular formula is C19H30N2O4S. The van der Waals surface area contributed by atoms with E-state index >= 15 is 0 Å². The second-order valence-electron chi connectivity index (χ2n) is 8.03. The summed E-state index contributed by atoms with van der Waals surface area (Å²) in [6, 6.07) is 6.65. The van der Waals surface area contributed by atoms with Gasteiger partial charge in [-0.25, -0.2) is 13.1 Å². The summed E-state index contributed by atoms with van der Waals surface area (Å²) in [6.45, 7) is 6.60. The van der Waals surface area contributed by atoms with Crippen molar-refractivity contribution in [3.05, 3.63) is 29.8 Å². The fourth-order valence-electron chi connectivity index (χ4n) is 3.89. The average Bonchev–Trinajstić information content (AvgIpc) is 2.52. The number of ether oxygens (including phenoxy) is 1. The molecule has 1 aromatic carbocycles. The monoisotopic (exact) mass is 382 g/mol. The molecule has 146 valence electrons.